The third kappa shape index (κ3) is 3.88. The molecule has 1 fully saturated rings. The van der Waals surface area contributed by atoms with E-state index in [4.69, 9.17) is 0 Å². The quantitative estimate of drug-likeness (QED) is 0.702. The second-order valence-corrected chi connectivity index (χ2v) is 7.25. The molecule has 1 saturated heterocycles. The van der Waals surface area contributed by atoms with Crippen LogP contribution in [0.1, 0.15) is 31.2 Å². The fraction of sp³-hybridized carbons (Fsp3) is 0.450. The van der Waals surface area contributed by atoms with Crippen LogP contribution in [0.15, 0.2) is 41.3 Å². The Kier molecular flexibility index (Phi) is 5.20. The summed E-state index contributed by atoms with van der Waals surface area (Å²) in [7, 11) is 0. The highest BCUT2D eigenvalue weighted by atomic mass is 16.1. The maximum absolute atomic E-state index is 11.7. The summed E-state index contributed by atoms with van der Waals surface area (Å²) in [6.45, 7) is 5.69. The Morgan fingerprint density at radius 3 is 2.67 bits per heavy atom. The van der Waals surface area contributed by atoms with Gasteiger partial charge in [-0.05, 0) is 44.3 Å². The van der Waals surface area contributed by atoms with E-state index in [-0.39, 0.29) is 5.69 Å². The van der Waals surface area contributed by atoms with E-state index in [1.165, 1.54) is 11.1 Å². The maximum atomic E-state index is 11.7. The molecule has 2 N–H and O–H groups in total. The summed E-state index contributed by atoms with van der Waals surface area (Å²) in [5.74, 6) is 1.47. The number of likely N-dealkylation sites (tertiary alicyclic amines) is 1. The lowest BCUT2D eigenvalue weighted by Crippen LogP contribution is -2.34. The second-order valence-electron chi connectivity index (χ2n) is 7.25. The number of nitrogens with one attached hydrogen (secondary N) is 2. The number of H-pyrrole nitrogens is 2. The molecule has 2 aromatic heterocycles. The Labute approximate surface area is 158 Å². The van der Waals surface area contributed by atoms with Crippen LogP contribution >= 0.6 is 0 Å². The molecule has 1 aliphatic rings. The molecule has 27 heavy (non-hydrogen) atoms. The number of nitrogens with zero attached hydrogens (tertiary/aromatic N) is 4. The predicted octanol–water partition coefficient (Wildman–Crippen LogP) is 2.44. The topological polar surface area (TPSA) is 82.6 Å². The normalized spacial score (nSPS) is 16.0. The first-order chi connectivity index (χ1) is 13.2. The van der Waals surface area contributed by atoms with Crippen molar-refractivity contribution in [2.75, 3.05) is 13.1 Å². The van der Waals surface area contributed by atoms with Gasteiger partial charge in [0, 0.05) is 25.1 Å². The first-order valence-corrected chi connectivity index (χ1v) is 9.68. The van der Waals surface area contributed by atoms with Crippen LogP contribution < -0.4 is 5.69 Å². The number of piperidine rings is 1. The molecular weight excluding hydrogens is 340 g/mol. The number of hydrogen-bond donors (Lipinski definition) is 2. The van der Waals surface area contributed by atoms with Gasteiger partial charge >= 0.3 is 5.69 Å². The van der Waals surface area contributed by atoms with Gasteiger partial charge < -0.3 is 0 Å². The molecule has 0 spiro atoms. The van der Waals surface area contributed by atoms with E-state index in [1.54, 1.807) is 4.57 Å². The van der Waals surface area contributed by atoms with Crippen LogP contribution in [0.4, 0.5) is 0 Å². The fourth-order valence-corrected chi connectivity index (χ4v) is 3.97. The third-order valence-corrected chi connectivity index (χ3v) is 5.51. The molecule has 142 valence electrons. The van der Waals surface area contributed by atoms with Gasteiger partial charge in [-0.2, -0.15) is 10.2 Å². The van der Waals surface area contributed by atoms with Crippen molar-refractivity contribution >= 4 is 0 Å². The summed E-state index contributed by atoms with van der Waals surface area (Å²) < 4.78 is 1.74. The minimum Gasteiger partial charge on any atom is -0.299 e. The summed E-state index contributed by atoms with van der Waals surface area (Å²) in [6.07, 6.45) is 5.08. The number of aromatic amines is 2. The highest BCUT2D eigenvalue weighted by Gasteiger charge is 2.22. The summed E-state index contributed by atoms with van der Waals surface area (Å²) in [4.78, 5) is 14.2. The Morgan fingerprint density at radius 1 is 1.15 bits per heavy atom. The molecular formula is C20H26N6O. The van der Waals surface area contributed by atoms with Crippen LogP contribution in [0.3, 0.4) is 0 Å². The first-order valence-electron chi connectivity index (χ1n) is 9.68. The second kappa shape index (κ2) is 7.92. The van der Waals surface area contributed by atoms with Crippen molar-refractivity contribution in [2.24, 2.45) is 5.92 Å². The van der Waals surface area contributed by atoms with Gasteiger partial charge in [-0.3, -0.25) is 14.6 Å². The van der Waals surface area contributed by atoms with Crippen molar-refractivity contribution in [3.05, 3.63) is 58.4 Å². The van der Waals surface area contributed by atoms with Crippen molar-refractivity contribution in [1.82, 2.24) is 29.9 Å². The van der Waals surface area contributed by atoms with Crippen molar-refractivity contribution in [2.45, 2.75) is 39.3 Å². The van der Waals surface area contributed by atoms with Crippen LogP contribution in [-0.2, 0) is 19.5 Å². The van der Waals surface area contributed by atoms with Gasteiger partial charge in [-0.1, -0.05) is 30.3 Å². The summed E-state index contributed by atoms with van der Waals surface area (Å²) in [5, 5.41) is 14.2. The molecule has 0 atom stereocenters. The number of benzene rings is 1. The maximum Gasteiger partial charge on any atom is 0.343 e. The predicted molar refractivity (Wildman–Crippen MR) is 104 cm³/mol. The average Bonchev–Trinajstić information content (AvgIpc) is 3.30. The lowest BCUT2D eigenvalue weighted by Gasteiger charge is -2.31. The molecule has 1 aliphatic heterocycles. The molecule has 0 bridgehead atoms. The summed E-state index contributed by atoms with van der Waals surface area (Å²) in [5.41, 5.74) is 3.43. The van der Waals surface area contributed by atoms with E-state index in [0.717, 1.165) is 50.4 Å². The van der Waals surface area contributed by atoms with Crippen LogP contribution in [0.25, 0.3) is 11.3 Å². The van der Waals surface area contributed by atoms with Crippen LogP contribution in [0.2, 0.25) is 0 Å². The smallest absolute Gasteiger partial charge is 0.299 e. The molecule has 4 rings (SSSR count). The lowest BCUT2D eigenvalue weighted by atomic mass is 9.93. The van der Waals surface area contributed by atoms with Crippen LogP contribution in [-0.4, -0.2) is 43.0 Å². The molecule has 0 amide bonds. The molecule has 7 nitrogen and oxygen atoms in total. The van der Waals surface area contributed by atoms with Gasteiger partial charge in [0.15, 0.2) is 0 Å². The zero-order chi connectivity index (χ0) is 18.6. The largest absolute Gasteiger partial charge is 0.343 e. The minimum atomic E-state index is -0.0988. The van der Waals surface area contributed by atoms with E-state index >= 15 is 0 Å². The van der Waals surface area contributed by atoms with Gasteiger partial charge in [-0.25, -0.2) is 9.89 Å². The van der Waals surface area contributed by atoms with Gasteiger partial charge in [0.1, 0.15) is 5.82 Å². The summed E-state index contributed by atoms with van der Waals surface area (Å²) in [6, 6.07) is 10.4. The van der Waals surface area contributed by atoms with E-state index in [9.17, 15) is 4.79 Å². The Hall–Kier alpha value is -2.67. The van der Waals surface area contributed by atoms with Crippen molar-refractivity contribution in [3.8, 4) is 11.3 Å². The van der Waals surface area contributed by atoms with Gasteiger partial charge in [0.25, 0.3) is 0 Å². The van der Waals surface area contributed by atoms with E-state index in [2.05, 4.69) is 49.6 Å². The number of aromatic nitrogens is 5. The lowest BCUT2D eigenvalue weighted by molar-refractivity contribution is 0.175. The average molecular weight is 366 g/mol. The molecule has 0 unspecified atom stereocenters. The minimum absolute atomic E-state index is 0.0988. The molecule has 7 heteroatoms. The van der Waals surface area contributed by atoms with E-state index in [0.29, 0.717) is 12.5 Å². The fourth-order valence-electron chi connectivity index (χ4n) is 3.97. The highest BCUT2D eigenvalue weighted by Crippen LogP contribution is 2.25. The highest BCUT2D eigenvalue weighted by molar-refractivity contribution is 5.62. The van der Waals surface area contributed by atoms with E-state index in [1.807, 2.05) is 19.2 Å². The first kappa shape index (κ1) is 17.7. The standard InChI is InChI=1S/C20H26N6O/c1-2-26-18(22-24-20(26)27)12-15-8-10-25(11-9-15)14-17-13-21-23-19(17)16-6-4-3-5-7-16/h3-7,13,15H,2,8-12,14H2,1H3,(H,21,23)(H,24,27). The molecule has 0 saturated carbocycles. The van der Waals surface area contributed by atoms with Gasteiger partial charge in [-0.15, -0.1) is 0 Å². The van der Waals surface area contributed by atoms with E-state index < -0.39 is 0 Å². The Morgan fingerprint density at radius 2 is 1.93 bits per heavy atom. The van der Waals surface area contributed by atoms with Crippen molar-refractivity contribution < 1.29 is 0 Å². The molecule has 0 aliphatic carbocycles. The van der Waals surface area contributed by atoms with Gasteiger partial charge in [0.2, 0.25) is 0 Å². The SMILES string of the molecule is CCn1c(CC2CCN(Cc3cn[nH]c3-c3ccccc3)CC2)n[nH]c1=O. The summed E-state index contributed by atoms with van der Waals surface area (Å²) >= 11 is 0. The van der Waals surface area contributed by atoms with Crippen molar-refractivity contribution in [1.29, 1.82) is 0 Å². The zero-order valence-corrected chi connectivity index (χ0v) is 15.7. The van der Waals surface area contributed by atoms with Crippen LogP contribution in [0.5, 0.6) is 0 Å². The Bertz CT molecular complexity index is 917. The molecule has 1 aromatic carbocycles. The zero-order valence-electron chi connectivity index (χ0n) is 15.7. The third-order valence-electron chi connectivity index (χ3n) is 5.51. The van der Waals surface area contributed by atoms with Gasteiger partial charge in [0.05, 0.1) is 11.9 Å². The monoisotopic (exact) mass is 366 g/mol. The molecule has 3 aromatic rings. The number of hydrogen-bond acceptors (Lipinski definition) is 4. The Balaban J connectivity index is 1.35. The van der Waals surface area contributed by atoms with Crippen LogP contribution in [0, 0.1) is 5.92 Å². The molecule has 3 heterocycles. The molecule has 0 radical (unpaired) electrons. The van der Waals surface area contributed by atoms with Crippen molar-refractivity contribution in [3.63, 3.8) is 0 Å². The number of rotatable bonds is 6.